The summed E-state index contributed by atoms with van der Waals surface area (Å²) < 4.78 is 5.25. The van der Waals surface area contributed by atoms with Crippen LogP contribution in [-0.2, 0) is 6.42 Å². The molecule has 1 aliphatic heterocycles. The van der Waals surface area contributed by atoms with Crippen LogP contribution in [0.4, 0.5) is 0 Å². The number of nitrogens with zero attached hydrogens (tertiary/aromatic N) is 4. The molecule has 7 nitrogen and oxygen atoms in total. The van der Waals surface area contributed by atoms with Crippen LogP contribution in [0.3, 0.4) is 0 Å². The smallest absolute Gasteiger partial charge is 0.289 e. The maximum Gasteiger partial charge on any atom is 0.289 e. The van der Waals surface area contributed by atoms with Crippen molar-refractivity contribution < 1.29 is 9.21 Å². The van der Waals surface area contributed by atoms with Crippen molar-refractivity contribution in [2.45, 2.75) is 19.4 Å². The zero-order valence-electron chi connectivity index (χ0n) is 18.7. The fraction of sp³-hybridized carbons (Fsp3) is 0.478. The first-order valence-electron chi connectivity index (χ1n) is 10.6. The molecule has 1 amide bonds. The number of aliphatic imine (C=N–C) groups is 1. The molecule has 1 atom stereocenters. The van der Waals surface area contributed by atoms with Gasteiger partial charge in [0, 0.05) is 38.8 Å². The van der Waals surface area contributed by atoms with Crippen molar-refractivity contribution in [3.63, 3.8) is 0 Å². The molecule has 1 aromatic heterocycles. The minimum absolute atomic E-state index is 0. The summed E-state index contributed by atoms with van der Waals surface area (Å²) in [5.41, 5.74) is 1.32. The quantitative estimate of drug-likeness (QED) is 0.333. The van der Waals surface area contributed by atoms with Gasteiger partial charge in [-0.05, 0) is 45.1 Å². The third kappa shape index (κ3) is 7.24. The van der Waals surface area contributed by atoms with Crippen LogP contribution < -0.4 is 5.32 Å². The number of carbonyl (C=O) groups excluding carboxylic acids is 1. The van der Waals surface area contributed by atoms with Gasteiger partial charge in [-0.3, -0.25) is 9.79 Å². The highest BCUT2D eigenvalue weighted by atomic mass is 127. The fourth-order valence-electron chi connectivity index (χ4n) is 3.59. The molecule has 0 radical (unpaired) electrons. The summed E-state index contributed by atoms with van der Waals surface area (Å²) >= 11 is 0. The molecule has 2 heterocycles. The monoisotopic (exact) mass is 539 g/mol. The normalized spacial score (nSPS) is 15.5. The Morgan fingerprint density at radius 2 is 1.77 bits per heavy atom. The Morgan fingerprint density at radius 3 is 2.35 bits per heavy atom. The van der Waals surface area contributed by atoms with Crippen molar-refractivity contribution in [3.05, 3.63) is 60.1 Å². The second-order valence-corrected chi connectivity index (χ2v) is 7.76. The van der Waals surface area contributed by atoms with Crippen LogP contribution >= 0.6 is 24.0 Å². The summed E-state index contributed by atoms with van der Waals surface area (Å²) in [7, 11) is 4.21. The molecule has 31 heavy (non-hydrogen) atoms. The number of hydrogen-bond acceptors (Lipinski definition) is 4. The molecule has 1 N–H and O–H groups in total. The first-order valence-corrected chi connectivity index (χ1v) is 10.6. The van der Waals surface area contributed by atoms with E-state index in [9.17, 15) is 4.79 Å². The molecule has 1 saturated heterocycles. The maximum absolute atomic E-state index is 12.5. The van der Waals surface area contributed by atoms with Crippen LogP contribution in [0.2, 0.25) is 0 Å². The van der Waals surface area contributed by atoms with Crippen LogP contribution in [0, 0.1) is 0 Å². The minimum atomic E-state index is -0.0443. The van der Waals surface area contributed by atoms with Gasteiger partial charge in [0.25, 0.3) is 5.91 Å². The molecule has 2 aromatic rings. The van der Waals surface area contributed by atoms with Gasteiger partial charge in [0.1, 0.15) is 0 Å². The second-order valence-electron chi connectivity index (χ2n) is 7.76. The largest absolute Gasteiger partial charge is 0.459 e. The highest BCUT2D eigenvalue weighted by Crippen LogP contribution is 2.11. The number of hydrogen-bond donors (Lipinski definition) is 1. The van der Waals surface area contributed by atoms with E-state index in [2.05, 4.69) is 60.4 Å². The molecule has 1 aliphatic rings. The van der Waals surface area contributed by atoms with Crippen molar-refractivity contribution in [2.75, 3.05) is 53.4 Å². The average Bonchev–Trinajstić information content (AvgIpc) is 3.31. The lowest BCUT2D eigenvalue weighted by atomic mass is 10.1. The topological polar surface area (TPSA) is 64.3 Å². The molecule has 1 unspecified atom stereocenters. The molecular formula is C23H34IN5O2. The van der Waals surface area contributed by atoms with Gasteiger partial charge in [-0.2, -0.15) is 0 Å². The third-order valence-corrected chi connectivity index (χ3v) is 5.43. The summed E-state index contributed by atoms with van der Waals surface area (Å²) in [5, 5.41) is 3.42. The van der Waals surface area contributed by atoms with Gasteiger partial charge in [0.05, 0.1) is 12.8 Å². The zero-order valence-corrected chi connectivity index (χ0v) is 21.0. The number of amides is 1. The van der Waals surface area contributed by atoms with E-state index in [1.807, 2.05) is 11.0 Å². The summed E-state index contributed by atoms with van der Waals surface area (Å²) in [5.74, 6) is 1.28. The third-order valence-electron chi connectivity index (χ3n) is 5.43. The fourth-order valence-corrected chi connectivity index (χ4v) is 3.59. The van der Waals surface area contributed by atoms with Gasteiger partial charge in [-0.15, -0.1) is 24.0 Å². The van der Waals surface area contributed by atoms with Crippen molar-refractivity contribution in [2.24, 2.45) is 4.99 Å². The van der Waals surface area contributed by atoms with Gasteiger partial charge in [0.2, 0.25) is 0 Å². The maximum atomic E-state index is 12.5. The Bertz CT molecular complexity index is 803. The Labute approximate surface area is 202 Å². The lowest BCUT2D eigenvalue weighted by molar-refractivity contribution is 0.0657. The molecular weight excluding hydrogens is 505 g/mol. The number of guanidine groups is 1. The lowest BCUT2D eigenvalue weighted by Crippen LogP contribution is -2.54. The van der Waals surface area contributed by atoms with E-state index in [-0.39, 0.29) is 29.9 Å². The number of nitrogens with one attached hydrogen (secondary N) is 1. The number of furan rings is 1. The summed E-state index contributed by atoms with van der Waals surface area (Å²) in [6, 6.07) is 14.3. The molecule has 8 heteroatoms. The van der Waals surface area contributed by atoms with Gasteiger partial charge in [0.15, 0.2) is 11.7 Å². The number of carbonyl (C=O) groups is 1. The zero-order chi connectivity index (χ0) is 21.3. The Kier molecular flexibility index (Phi) is 10.3. The standard InChI is InChI=1S/C23H33N5O2.HI/c1-4-24-23(25-18-20(26(2)3)17-19-9-6-5-7-10-19)28-14-12-27(13-15-28)22(29)21-11-8-16-30-21;/h5-11,16,20H,4,12-15,17-18H2,1-3H3,(H,24,25);1H. The van der Waals surface area contributed by atoms with Crippen LogP contribution in [-0.4, -0.2) is 86.0 Å². The highest BCUT2D eigenvalue weighted by molar-refractivity contribution is 14.0. The van der Waals surface area contributed by atoms with E-state index in [4.69, 9.17) is 9.41 Å². The van der Waals surface area contributed by atoms with Crippen LogP contribution in [0.5, 0.6) is 0 Å². The van der Waals surface area contributed by atoms with Crippen LogP contribution in [0.15, 0.2) is 58.1 Å². The molecule has 1 aromatic carbocycles. The molecule has 1 fully saturated rings. The second kappa shape index (κ2) is 12.7. The summed E-state index contributed by atoms with van der Waals surface area (Å²) in [6.45, 7) is 6.44. The van der Waals surface area contributed by atoms with E-state index in [1.54, 1.807) is 12.1 Å². The molecule has 0 aliphatic carbocycles. The van der Waals surface area contributed by atoms with E-state index < -0.39 is 0 Å². The van der Waals surface area contributed by atoms with E-state index >= 15 is 0 Å². The highest BCUT2D eigenvalue weighted by Gasteiger charge is 2.25. The summed E-state index contributed by atoms with van der Waals surface area (Å²) in [4.78, 5) is 23.8. The van der Waals surface area contributed by atoms with Crippen molar-refractivity contribution in [1.29, 1.82) is 0 Å². The van der Waals surface area contributed by atoms with Crippen molar-refractivity contribution in [1.82, 2.24) is 20.0 Å². The molecule has 0 bridgehead atoms. The lowest BCUT2D eigenvalue weighted by Gasteiger charge is -2.36. The number of benzene rings is 1. The number of likely N-dealkylation sites (N-methyl/N-ethyl adjacent to an activating group) is 1. The van der Waals surface area contributed by atoms with Gasteiger partial charge >= 0.3 is 0 Å². The Balaban J connectivity index is 0.00000341. The Hall–Kier alpha value is -2.07. The molecule has 170 valence electrons. The SMILES string of the molecule is CCNC(=NCC(Cc1ccccc1)N(C)C)N1CCN(C(=O)c2ccco2)CC1.I. The van der Waals surface area contributed by atoms with E-state index in [1.165, 1.54) is 11.8 Å². The van der Waals surface area contributed by atoms with Gasteiger partial charge in [-0.25, -0.2) is 0 Å². The number of halogens is 1. The van der Waals surface area contributed by atoms with Gasteiger partial charge < -0.3 is 24.4 Å². The molecule has 0 spiro atoms. The van der Waals surface area contributed by atoms with Crippen molar-refractivity contribution in [3.8, 4) is 0 Å². The van der Waals surface area contributed by atoms with Crippen molar-refractivity contribution >= 4 is 35.8 Å². The minimum Gasteiger partial charge on any atom is -0.459 e. The predicted molar refractivity (Wildman–Crippen MR) is 135 cm³/mol. The number of rotatable bonds is 7. The predicted octanol–water partition coefficient (Wildman–Crippen LogP) is 2.79. The van der Waals surface area contributed by atoms with Crippen LogP contribution in [0.25, 0.3) is 0 Å². The van der Waals surface area contributed by atoms with Gasteiger partial charge in [-0.1, -0.05) is 30.3 Å². The molecule has 0 saturated carbocycles. The van der Waals surface area contributed by atoms with E-state index in [0.717, 1.165) is 38.6 Å². The summed E-state index contributed by atoms with van der Waals surface area (Å²) in [6.07, 6.45) is 2.50. The Morgan fingerprint density at radius 1 is 1.10 bits per heavy atom. The number of piperazine rings is 1. The molecule has 3 rings (SSSR count). The van der Waals surface area contributed by atoms with Crippen LogP contribution in [0.1, 0.15) is 23.0 Å². The first-order chi connectivity index (χ1) is 14.6. The van der Waals surface area contributed by atoms with E-state index in [0.29, 0.717) is 24.9 Å². The first kappa shape index (κ1) is 25.2. The average molecular weight is 539 g/mol.